The zero-order chi connectivity index (χ0) is 16.6. The van der Waals surface area contributed by atoms with Crippen molar-refractivity contribution in [2.24, 2.45) is 0 Å². The van der Waals surface area contributed by atoms with Crippen LogP contribution in [-0.2, 0) is 0 Å². The van der Waals surface area contributed by atoms with Crippen LogP contribution in [0.15, 0.2) is 51.7 Å². The van der Waals surface area contributed by atoms with Crippen LogP contribution in [-0.4, -0.2) is 5.91 Å². The number of carbonyl (C=O) groups excluding carboxylic acids is 1. The van der Waals surface area contributed by atoms with Gasteiger partial charge in [-0.2, -0.15) is 0 Å². The van der Waals surface area contributed by atoms with Crippen molar-refractivity contribution >= 4 is 22.6 Å². The molecule has 0 fully saturated rings. The van der Waals surface area contributed by atoms with Crippen molar-refractivity contribution in [1.29, 1.82) is 0 Å². The lowest BCUT2D eigenvalue weighted by Crippen LogP contribution is -2.21. The Labute approximate surface area is 133 Å². The average Bonchev–Trinajstić information content (AvgIpc) is 2.50. The molecule has 0 aliphatic carbocycles. The molecule has 0 atom stereocenters. The number of amides is 1. The van der Waals surface area contributed by atoms with Gasteiger partial charge in [-0.15, -0.1) is 0 Å². The molecule has 3 aromatic rings. The molecule has 0 radical (unpaired) electrons. The molecule has 0 unspecified atom stereocenters. The molecule has 0 aliphatic rings. The molecule has 1 aromatic heterocycles. The van der Waals surface area contributed by atoms with E-state index in [-0.39, 0.29) is 5.56 Å². The highest BCUT2D eigenvalue weighted by atomic mass is 16.4. The third-order valence-corrected chi connectivity index (χ3v) is 3.85. The molecular formula is C19H17NO3. The van der Waals surface area contributed by atoms with E-state index in [1.807, 2.05) is 51.1 Å². The first-order chi connectivity index (χ1) is 11.0. The minimum absolute atomic E-state index is 0.00533. The Hall–Kier alpha value is -2.88. The average molecular weight is 307 g/mol. The smallest absolute Gasteiger partial charge is 0.349 e. The first-order valence-corrected chi connectivity index (χ1v) is 7.38. The van der Waals surface area contributed by atoms with E-state index < -0.39 is 11.5 Å². The molecule has 1 N–H and O–H groups in total. The lowest BCUT2D eigenvalue weighted by molar-refractivity contribution is 0.102. The molecule has 3 rings (SSSR count). The second-order valence-corrected chi connectivity index (χ2v) is 5.71. The summed E-state index contributed by atoms with van der Waals surface area (Å²) < 4.78 is 5.25. The Morgan fingerprint density at radius 2 is 1.70 bits per heavy atom. The van der Waals surface area contributed by atoms with Crippen LogP contribution in [0.4, 0.5) is 5.69 Å². The number of hydrogen-bond acceptors (Lipinski definition) is 3. The molecule has 1 heterocycles. The second kappa shape index (κ2) is 5.72. The van der Waals surface area contributed by atoms with Crippen molar-refractivity contribution in [1.82, 2.24) is 0 Å². The van der Waals surface area contributed by atoms with E-state index in [9.17, 15) is 9.59 Å². The number of benzene rings is 2. The first-order valence-electron chi connectivity index (χ1n) is 7.38. The van der Waals surface area contributed by atoms with Crippen LogP contribution in [0, 0.1) is 20.8 Å². The van der Waals surface area contributed by atoms with Gasteiger partial charge in [0.15, 0.2) is 0 Å². The predicted molar refractivity (Wildman–Crippen MR) is 91.1 cm³/mol. The molecule has 0 spiro atoms. The van der Waals surface area contributed by atoms with E-state index >= 15 is 0 Å². The maximum absolute atomic E-state index is 12.5. The van der Waals surface area contributed by atoms with Crippen LogP contribution in [0.5, 0.6) is 0 Å². The zero-order valence-electron chi connectivity index (χ0n) is 13.3. The molecule has 4 nitrogen and oxygen atoms in total. The Morgan fingerprint density at radius 3 is 2.39 bits per heavy atom. The fourth-order valence-electron chi connectivity index (χ4n) is 2.59. The van der Waals surface area contributed by atoms with Crippen molar-refractivity contribution in [3.63, 3.8) is 0 Å². The van der Waals surface area contributed by atoms with E-state index in [1.54, 1.807) is 12.1 Å². The summed E-state index contributed by atoms with van der Waals surface area (Å²) in [6.07, 6.45) is 0. The van der Waals surface area contributed by atoms with Crippen LogP contribution in [0.1, 0.15) is 27.0 Å². The Balaban J connectivity index is 2.04. The highest BCUT2D eigenvalue weighted by molar-refractivity contribution is 6.06. The largest absolute Gasteiger partial charge is 0.422 e. The van der Waals surface area contributed by atoms with Crippen molar-refractivity contribution < 1.29 is 9.21 Å². The van der Waals surface area contributed by atoms with E-state index in [0.717, 1.165) is 27.8 Å². The molecule has 1 amide bonds. The monoisotopic (exact) mass is 307 g/mol. The molecule has 0 saturated carbocycles. The van der Waals surface area contributed by atoms with E-state index in [0.29, 0.717) is 5.58 Å². The van der Waals surface area contributed by atoms with Gasteiger partial charge in [-0.05, 0) is 50.1 Å². The number of hydrogen-bond donors (Lipinski definition) is 1. The maximum atomic E-state index is 12.5. The molecule has 2 aromatic carbocycles. The fourth-order valence-corrected chi connectivity index (χ4v) is 2.59. The van der Waals surface area contributed by atoms with E-state index in [1.165, 1.54) is 0 Å². The van der Waals surface area contributed by atoms with Gasteiger partial charge in [-0.1, -0.05) is 29.8 Å². The van der Waals surface area contributed by atoms with Crippen LogP contribution >= 0.6 is 0 Å². The van der Waals surface area contributed by atoms with Crippen LogP contribution in [0.2, 0.25) is 0 Å². The standard InChI is InChI=1S/C19H17NO3/c1-11-7-8-16-14(9-11)10-15(19(22)23-16)18(21)20-17-12(2)5-4-6-13(17)3/h4-10H,1-3H3,(H,20,21). The lowest BCUT2D eigenvalue weighted by Gasteiger charge is -2.11. The normalized spacial score (nSPS) is 10.7. The van der Waals surface area contributed by atoms with Crippen molar-refractivity contribution in [2.75, 3.05) is 5.32 Å². The third-order valence-electron chi connectivity index (χ3n) is 3.85. The Bertz CT molecular complexity index is 950. The number of anilines is 1. The Morgan fingerprint density at radius 1 is 1.00 bits per heavy atom. The SMILES string of the molecule is Cc1ccc2oc(=O)c(C(=O)Nc3c(C)cccc3C)cc2c1. The summed E-state index contributed by atoms with van der Waals surface area (Å²) in [6, 6.07) is 12.8. The molecular weight excluding hydrogens is 290 g/mol. The summed E-state index contributed by atoms with van der Waals surface area (Å²) in [7, 11) is 0. The van der Waals surface area contributed by atoms with Gasteiger partial charge < -0.3 is 9.73 Å². The van der Waals surface area contributed by atoms with E-state index in [2.05, 4.69) is 5.32 Å². The highest BCUT2D eigenvalue weighted by Gasteiger charge is 2.15. The van der Waals surface area contributed by atoms with Crippen molar-refractivity contribution in [3.8, 4) is 0 Å². The number of carbonyl (C=O) groups is 1. The predicted octanol–water partition coefficient (Wildman–Crippen LogP) is 3.97. The minimum Gasteiger partial charge on any atom is -0.422 e. The second-order valence-electron chi connectivity index (χ2n) is 5.71. The lowest BCUT2D eigenvalue weighted by atomic mass is 10.1. The minimum atomic E-state index is -0.634. The molecule has 116 valence electrons. The van der Waals surface area contributed by atoms with Crippen LogP contribution in [0.3, 0.4) is 0 Å². The van der Waals surface area contributed by atoms with Crippen LogP contribution in [0.25, 0.3) is 11.0 Å². The number of fused-ring (bicyclic) bond motifs is 1. The number of rotatable bonds is 2. The van der Waals surface area contributed by atoms with Gasteiger partial charge >= 0.3 is 5.63 Å². The maximum Gasteiger partial charge on any atom is 0.349 e. The van der Waals surface area contributed by atoms with Gasteiger partial charge in [-0.25, -0.2) is 4.79 Å². The molecule has 4 heteroatoms. The van der Waals surface area contributed by atoms with Gasteiger partial charge in [-0.3, -0.25) is 4.79 Å². The first kappa shape index (κ1) is 15.0. The van der Waals surface area contributed by atoms with Gasteiger partial charge in [0, 0.05) is 11.1 Å². The zero-order valence-corrected chi connectivity index (χ0v) is 13.3. The number of aryl methyl sites for hydroxylation is 3. The number of para-hydroxylation sites is 1. The molecule has 23 heavy (non-hydrogen) atoms. The summed E-state index contributed by atoms with van der Waals surface area (Å²) in [4.78, 5) is 24.6. The Kier molecular flexibility index (Phi) is 3.74. The summed E-state index contributed by atoms with van der Waals surface area (Å²) in [5, 5.41) is 3.55. The molecule has 0 bridgehead atoms. The molecule has 0 aliphatic heterocycles. The number of nitrogens with one attached hydrogen (secondary N) is 1. The summed E-state index contributed by atoms with van der Waals surface area (Å²) in [5.41, 5.74) is 3.49. The highest BCUT2D eigenvalue weighted by Crippen LogP contribution is 2.21. The van der Waals surface area contributed by atoms with Gasteiger partial charge in [0.1, 0.15) is 11.1 Å². The van der Waals surface area contributed by atoms with E-state index in [4.69, 9.17) is 4.42 Å². The topological polar surface area (TPSA) is 59.3 Å². The van der Waals surface area contributed by atoms with Crippen molar-refractivity contribution in [2.45, 2.75) is 20.8 Å². The van der Waals surface area contributed by atoms with Gasteiger partial charge in [0.2, 0.25) is 0 Å². The quantitative estimate of drug-likeness (QED) is 0.729. The third kappa shape index (κ3) is 2.88. The summed E-state index contributed by atoms with van der Waals surface area (Å²) in [5.74, 6) is -0.459. The van der Waals surface area contributed by atoms with Crippen molar-refractivity contribution in [3.05, 3.63) is 75.1 Å². The van der Waals surface area contributed by atoms with Gasteiger partial charge in [0.05, 0.1) is 0 Å². The fraction of sp³-hybridized carbons (Fsp3) is 0.158. The molecule has 0 saturated heterocycles. The van der Waals surface area contributed by atoms with Crippen LogP contribution < -0.4 is 10.9 Å². The van der Waals surface area contributed by atoms with Gasteiger partial charge in [0.25, 0.3) is 5.91 Å². The summed E-state index contributed by atoms with van der Waals surface area (Å²) in [6.45, 7) is 5.77. The summed E-state index contributed by atoms with van der Waals surface area (Å²) >= 11 is 0.